The maximum absolute atomic E-state index is 12.7. The summed E-state index contributed by atoms with van der Waals surface area (Å²) < 4.78 is 6.88. The lowest BCUT2D eigenvalue weighted by molar-refractivity contribution is -0.119. The highest BCUT2D eigenvalue weighted by Gasteiger charge is 2.26. The highest BCUT2D eigenvalue weighted by Crippen LogP contribution is 2.29. The lowest BCUT2D eigenvalue weighted by Gasteiger charge is -2.27. The summed E-state index contributed by atoms with van der Waals surface area (Å²) in [4.78, 5) is 26.7. The first-order valence-corrected chi connectivity index (χ1v) is 10.5. The monoisotopic (exact) mass is 418 g/mol. The van der Waals surface area contributed by atoms with Crippen LogP contribution in [-0.2, 0) is 22.6 Å². The van der Waals surface area contributed by atoms with Crippen molar-refractivity contribution in [2.45, 2.75) is 25.9 Å². The molecule has 4 rings (SSSR count). The molecule has 7 heteroatoms. The van der Waals surface area contributed by atoms with Crippen LogP contribution in [0, 0.1) is 0 Å². The van der Waals surface area contributed by atoms with Gasteiger partial charge in [0, 0.05) is 43.9 Å². The summed E-state index contributed by atoms with van der Waals surface area (Å²) in [6.45, 7) is 2.21. The number of nitrogens with zero attached hydrogens (tertiary/aromatic N) is 3. The normalized spacial score (nSPS) is 13.2. The third-order valence-electron chi connectivity index (χ3n) is 5.31. The van der Waals surface area contributed by atoms with Crippen molar-refractivity contribution < 1.29 is 14.3 Å². The van der Waals surface area contributed by atoms with Gasteiger partial charge in [-0.2, -0.15) is 5.10 Å². The summed E-state index contributed by atoms with van der Waals surface area (Å²) in [6, 6.07) is 19.3. The van der Waals surface area contributed by atoms with E-state index in [1.165, 1.54) is 0 Å². The number of fused-ring (bicyclic) bond motifs is 1. The molecule has 160 valence electrons. The van der Waals surface area contributed by atoms with E-state index in [1.54, 1.807) is 24.1 Å². The molecule has 0 unspecified atom stereocenters. The van der Waals surface area contributed by atoms with Gasteiger partial charge in [0.1, 0.15) is 5.82 Å². The maximum Gasteiger partial charge on any atom is 0.251 e. The van der Waals surface area contributed by atoms with E-state index in [0.717, 1.165) is 29.1 Å². The predicted octanol–water partition coefficient (Wildman–Crippen LogP) is 3.25. The molecule has 1 N–H and O–H groups in total. The summed E-state index contributed by atoms with van der Waals surface area (Å²) >= 11 is 0. The maximum atomic E-state index is 12.7. The number of aromatic nitrogens is 2. The SMILES string of the molecule is COCCCNC(=O)c1ccc(CN2C(=O)CCn3nc(-c4ccccc4)cc32)cc1. The number of rotatable bonds is 8. The van der Waals surface area contributed by atoms with Crippen LogP contribution in [0.1, 0.15) is 28.8 Å². The molecular weight excluding hydrogens is 392 g/mol. The number of anilines is 1. The second-order valence-corrected chi connectivity index (χ2v) is 7.51. The van der Waals surface area contributed by atoms with Crippen molar-refractivity contribution in [2.24, 2.45) is 0 Å². The number of benzene rings is 2. The zero-order valence-electron chi connectivity index (χ0n) is 17.6. The molecule has 2 aromatic carbocycles. The van der Waals surface area contributed by atoms with Crippen molar-refractivity contribution in [1.29, 1.82) is 0 Å². The minimum absolute atomic E-state index is 0.0759. The van der Waals surface area contributed by atoms with Gasteiger partial charge >= 0.3 is 0 Å². The minimum Gasteiger partial charge on any atom is -0.385 e. The molecule has 3 aromatic rings. The summed E-state index contributed by atoms with van der Waals surface area (Å²) in [7, 11) is 1.64. The topological polar surface area (TPSA) is 76.5 Å². The fraction of sp³-hybridized carbons (Fsp3) is 0.292. The van der Waals surface area contributed by atoms with Gasteiger partial charge in [-0.15, -0.1) is 0 Å². The quantitative estimate of drug-likeness (QED) is 0.570. The zero-order valence-corrected chi connectivity index (χ0v) is 17.6. The first kappa shape index (κ1) is 20.8. The minimum atomic E-state index is -0.109. The summed E-state index contributed by atoms with van der Waals surface area (Å²) in [5, 5.41) is 7.57. The van der Waals surface area contributed by atoms with Gasteiger partial charge in [-0.05, 0) is 24.1 Å². The average Bonchev–Trinajstić information content (AvgIpc) is 3.24. The lowest BCUT2D eigenvalue weighted by Crippen LogP contribution is -2.36. The Morgan fingerprint density at radius 2 is 1.90 bits per heavy atom. The molecule has 0 saturated heterocycles. The highest BCUT2D eigenvalue weighted by atomic mass is 16.5. The molecule has 1 aromatic heterocycles. The van der Waals surface area contributed by atoms with E-state index >= 15 is 0 Å². The Kier molecular flexibility index (Phi) is 6.43. The molecule has 7 nitrogen and oxygen atoms in total. The fourth-order valence-electron chi connectivity index (χ4n) is 3.64. The molecule has 0 bridgehead atoms. The number of carbonyl (C=O) groups is 2. The van der Waals surface area contributed by atoms with Crippen LogP contribution in [0.25, 0.3) is 11.3 Å². The molecule has 0 saturated carbocycles. The van der Waals surface area contributed by atoms with Crippen LogP contribution in [-0.4, -0.2) is 41.9 Å². The zero-order chi connectivity index (χ0) is 21.6. The van der Waals surface area contributed by atoms with Crippen LogP contribution < -0.4 is 10.2 Å². The third kappa shape index (κ3) is 4.83. The van der Waals surface area contributed by atoms with Crippen LogP contribution in [0.2, 0.25) is 0 Å². The average molecular weight is 418 g/mol. The number of hydrogen-bond donors (Lipinski definition) is 1. The predicted molar refractivity (Wildman–Crippen MR) is 119 cm³/mol. The van der Waals surface area contributed by atoms with E-state index < -0.39 is 0 Å². The van der Waals surface area contributed by atoms with E-state index in [0.29, 0.717) is 38.2 Å². The van der Waals surface area contributed by atoms with Crippen molar-refractivity contribution in [3.8, 4) is 11.3 Å². The molecule has 0 atom stereocenters. The Morgan fingerprint density at radius 3 is 2.65 bits per heavy atom. The Labute approximate surface area is 181 Å². The van der Waals surface area contributed by atoms with Gasteiger partial charge in [0.05, 0.1) is 18.8 Å². The van der Waals surface area contributed by atoms with Gasteiger partial charge in [-0.3, -0.25) is 14.5 Å². The van der Waals surface area contributed by atoms with Crippen LogP contribution in [0.15, 0.2) is 60.7 Å². The van der Waals surface area contributed by atoms with Crippen molar-refractivity contribution in [1.82, 2.24) is 15.1 Å². The van der Waals surface area contributed by atoms with Gasteiger partial charge in [-0.25, -0.2) is 4.68 Å². The van der Waals surface area contributed by atoms with E-state index in [9.17, 15) is 9.59 Å². The molecule has 1 aliphatic heterocycles. The number of nitrogens with one attached hydrogen (secondary N) is 1. The van der Waals surface area contributed by atoms with Gasteiger partial charge in [0.15, 0.2) is 0 Å². The molecule has 2 heterocycles. The van der Waals surface area contributed by atoms with Crippen molar-refractivity contribution in [3.63, 3.8) is 0 Å². The van der Waals surface area contributed by atoms with Crippen molar-refractivity contribution >= 4 is 17.6 Å². The Hall–Kier alpha value is -3.45. The second-order valence-electron chi connectivity index (χ2n) is 7.51. The molecule has 31 heavy (non-hydrogen) atoms. The van der Waals surface area contributed by atoms with Gasteiger partial charge in [0.25, 0.3) is 5.91 Å². The highest BCUT2D eigenvalue weighted by molar-refractivity contribution is 5.95. The number of methoxy groups -OCH3 is 1. The van der Waals surface area contributed by atoms with E-state index in [1.807, 2.05) is 53.2 Å². The van der Waals surface area contributed by atoms with Crippen LogP contribution in [0.3, 0.4) is 0 Å². The molecule has 0 fully saturated rings. The van der Waals surface area contributed by atoms with E-state index in [-0.39, 0.29) is 11.8 Å². The fourth-order valence-corrected chi connectivity index (χ4v) is 3.64. The molecule has 0 radical (unpaired) electrons. The number of aryl methyl sites for hydroxylation is 1. The van der Waals surface area contributed by atoms with Gasteiger partial charge in [0.2, 0.25) is 5.91 Å². The summed E-state index contributed by atoms with van der Waals surface area (Å²) in [5.74, 6) is 0.768. The number of carbonyl (C=O) groups excluding carboxylic acids is 2. The number of amides is 2. The standard InChI is InChI=1S/C24H26N4O3/c1-31-15-5-13-25-24(30)20-10-8-18(9-11-20)17-27-22-16-21(19-6-3-2-4-7-19)26-28(22)14-12-23(27)29/h2-4,6-11,16H,5,12-15,17H2,1H3,(H,25,30). The first-order chi connectivity index (χ1) is 15.2. The molecule has 0 aliphatic carbocycles. The number of ether oxygens (including phenoxy) is 1. The Morgan fingerprint density at radius 1 is 1.13 bits per heavy atom. The second kappa shape index (κ2) is 9.57. The van der Waals surface area contributed by atoms with Crippen LogP contribution in [0.4, 0.5) is 5.82 Å². The largest absolute Gasteiger partial charge is 0.385 e. The smallest absolute Gasteiger partial charge is 0.251 e. The van der Waals surface area contributed by atoms with Crippen LogP contribution >= 0.6 is 0 Å². The molecule has 2 amide bonds. The van der Waals surface area contributed by atoms with Crippen LogP contribution in [0.5, 0.6) is 0 Å². The molecule has 1 aliphatic rings. The van der Waals surface area contributed by atoms with Gasteiger partial charge in [-0.1, -0.05) is 42.5 Å². The van der Waals surface area contributed by atoms with Crippen molar-refractivity contribution in [2.75, 3.05) is 25.2 Å². The number of hydrogen-bond acceptors (Lipinski definition) is 4. The molecular formula is C24H26N4O3. The van der Waals surface area contributed by atoms with E-state index in [4.69, 9.17) is 4.74 Å². The third-order valence-corrected chi connectivity index (χ3v) is 5.31. The Bertz CT molecular complexity index is 1040. The van der Waals surface area contributed by atoms with E-state index in [2.05, 4.69) is 10.4 Å². The lowest BCUT2D eigenvalue weighted by atomic mass is 10.1. The first-order valence-electron chi connectivity index (χ1n) is 10.5. The summed E-state index contributed by atoms with van der Waals surface area (Å²) in [6.07, 6.45) is 1.20. The summed E-state index contributed by atoms with van der Waals surface area (Å²) in [5.41, 5.74) is 3.44. The van der Waals surface area contributed by atoms with Gasteiger partial charge < -0.3 is 10.1 Å². The molecule has 0 spiro atoms. The van der Waals surface area contributed by atoms with Crippen molar-refractivity contribution in [3.05, 3.63) is 71.8 Å². The Balaban J connectivity index is 1.46.